The van der Waals surface area contributed by atoms with Crippen LogP contribution in [0.4, 0.5) is 11.4 Å². The Bertz CT molecular complexity index is 643. The average molecular weight is 356 g/mol. The number of nitrogens with one attached hydrogen (secondary N) is 1. The van der Waals surface area contributed by atoms with Gasteiger partial charge < -0.3 is 11.1 Å². The highest BCUT2D eigenvalue weighted by Gasteiger charge is 2.08. The quantitative estimate of drug-likeness (QED) is 0.778. The van der Waals surface area contributed by atoms with Crippen LogP contribution in [0.25, 0.3) is 0 Å². The van der Waals surface area contributed by atoms with Gasteiger partial charge in [0.15, 0.2) is 0 Å². The number of hydrogen-bond acceptors (Lipinski definition) is 2. The lowest BCUT2D eigenvalue weighted by molar-refractivity contribution is 1.43. The summed E-state index contributed by atoms with van der Waals surface area (Å²) < 4.78 is 0.974. The van der Waals surface area contributed by atoms with E-state index >= 15 is 0 Å². The molecule has 0 atom stereocenters. The lowest BCUT2D eigenvalue weighted by Gasteiger charge is -2.13. The lowest BCUT2D eigenvalue weighted by atomic mass is 10.1. The first kappa shape index (κ1) is 14.3. The summed E-state index contributed by atoms with van der Waals surface area (Å²) in [5.74, 6) is 0. The Morgan fingerprint density at radius 1 is 1.21 bits per heavy atom. The van der Waals surface area contributed by atoms with E-state index in [2.05, 4.69) is 21.2 Å². The van der Waals surface area contributed by atoms with Crippen molar-refractivity contribution in [1.82, 2.24) is 0 Å². The summed E-state index contributed by atoms with van der Waals surface area (Å²) in [5.41, 5.74) is 9.42. The van der Waals surface area contributed by atoms with Gasteiger partial charge in [0.05, 0.1) is 5.69 Å². The molecule has 0 spiro atoms. The lowest BCUT2D eigenvalue weighted by Crippen LogP contribution is -2.12. The van der Waals surface area contributed by atoms with E-state index in [4.69, 9.17) is 29.6 Å². The van der Waals surface area contributed by atoms with Gasteiger partial charge in [-0.3, -0.25) is 0 Å². The molecular weight excluding hydrogens is 344 g/mol. The van der Waals surface area contributed by atoms with Crippen molar-refractivity contribution in [2.24, 2.45) is 5.73 Å². The van der Waals surface area contributed by atoms with Crippen molar-refractivity contribution in [3.63, 3.8) is 0 Å². The Morgan fingerprint density at radius 3 is 2.63 bits per heavy atom. The maximum atomic E-state index is 5.97. The molecule has 2 aromatic rings. The second-order valence-corrected chi connectivity index (χ2v) is 5.89. The summed E-state index contributed by atoms with van der Waals surface area (Å²) in [6.45, 7) is 2.04. The van der Waals surface area contributed by atoms with Crippen molar-refractivity contribution in [1.29, 1.82) is 0 Å². The second kappa shape index (κ2) is 5.90. The standard InChI is InChI=1S/C14H12BrClN2S/c1-8-2-4-11(15)13(6-8)18-12-5-3-9(16)7-10(12)14(17)19/h2-7,18H,1H3,(H2,17,19). The Labute approximate surface area is 131 Å². The first-order chi connectivity index (χ1) is 8.97. The van der Waals surface area contributed by atoms with Crippen LogP contribution in [-0.2, 0) is 0 Å². The molecule has 0 aliphatic heterocycles. The van der Waals surface area contributed by atoms with Gasteiger partial charge in [-0.2, -0.15) is 0 Å². The summed E-state index contributed by atoms with van der Waals surface area (Å²) in [6, 6.07) is 11.5. The van der Waals surface area contributed by atoms with Gasteiger partial charge in [0.25, 0.3) is 0 Å². The number of hydrogen-bond donors (Lipinski definition) is 2. The molecule has 0 saturated carbocycles. The van der Waals surface area contributed by atoms with Gasteiger partial charge in [0.1, 0.15) is 4.99 Å². The fourth-order valence-corrected chi connectivity index (χ4v) is 2.40. The highest BCUT2D eigenvalue weighted by molar-refractivity contribution is 9.10. The number of thiocarbonyl (C=S) groups is 1. The van der Waals surface area contributed by atoms with Crippen molar-refractivity contribution in [3.05, 3.63) is 57.0 Å². The number of rotatable bonds is 3. The molecule has 2 aromatic carbocycles. The molecule has 0 radical (unpaired) electrons. The van der Waals surface area contributed by atoms with E-state index in [0.29, 0.717) is 10.0 Å². The Balaban J connectivity index is 2.43. The molecule has 0 aromatic heterocycles. The predicted octanol–water partition coefficient (Wildman–Crippen LogP) is 4.79. The van der Waals surface area contributed by atoms with E-state index in [9.17, 15) is 0 Å². The SMILES string of the molecule is Cc1ccc(Br)c(Nc2ccc(Cl)cc2C(N)=S)c1. The van der Waals surface area contributed by atoms with Crippen molar-refractivity contribution in [2.45, 2.75) is 6.92 Å². The molecule has 5 heteroatoms. The summed E-state index contributed by atoms with van der Waals surface area (Å²) in [6.07, 6.45) is 0. The molecule has 98 valence electrons. The number of anilines is 2. The van der Waals surface area contributed by atoms with Gasteiger partial charge >= 0.3 is 0 Å². The van der Waals surface area contributed by atoms with Gasteiger partial charge in [-0.05, 0) is 58.7 Å². The third-order valence-electron chi connectivity index (χ3n) is 2.64. The Kier molecular flexibility index (Phi) is 4.45. The molecule has 0 heterocycles. The average Bonchev–Trinajstić information content (AvgIpc) is 2.35. The van der Waals surface area contributed by atoms with Crippen LogP contribution in [0.1, 0.15) is 11.1 Å². The molecule has 0 aliphatic rings. The monoisotopic (exact) mass is 354 g/mol. The Morgan fingerprint density at radius 2 is 1.95 bits per heavy atom. The van der Waals surface area contributed by atoms with Crippen molar-refractivity contribution < 1.29 is 0 Å². The number of benzene rings is 2. The van der Waals surface area contributed by atoms with E-state index in [1.165, 1.54) is 0 Å². The third kappa shape index (κ3) is 3.47. The van der Waals surface area contributed by atoms with Crippen LogP contribution in [0, 0.1) is 6.92 Å². The summed E-state index contributed by atoms with van der Waals surface area (Å²) >= 11 is 14.5. The van der Waals surface area contributed by atoms with Gasteiger partial charge in [-0.25, -0.2) is 0 Å². The van der Waals surface area contributed by atoms with Gasteiger partial charge in [-0.15, -0.1) is 0 Å². The minimum Gasteiger partial charge on any atom is -0.389 e. The van der Waals surface area contributed by atoms with Gasteiger partial charge in [0, 0.05) is 20.7 Å². The van der Waals surface area contributed by atoms with Crippen molar-refractivity contribution in [3.8, 4) is 0 Å². The van der Waals surface area contributed by atoms with Crippen molar-refractivity contribution in [2.75, 3.05) is 5.32 Å². The van der Waals surface area contributed by atoms with Crippen LogP contribution in [-0.4, -0.2) is 4.99 Å². The largest absolute Gasteiger partial charge is 0.389 e. The molecular formula is C14H12BrClN2S. The van der Waals surface area contributed by atoms with E-state index in [1.807, 2.05) is 31.2 Å². The highest BCUT2D eigenvalue weighted by Crippen LogP contribution is 2.29. The maximum Gasteiger partial charge on any atom is 0.106 e. The zero-order valence-corrected chi connectivity index (χ0v) is 13.4. The molecule has 0 unspecified atom stereocenters. The van der Waals surface area contributed by atoms with E-state index < -0.39 is 0 Å². The minimum absolute atomic E-state index is 0.314. The smallest absolute Gasteiger partial charge is 0.106 e. The molecule has 2 nitrogen and oxygen atoms in total. The van der Waals surface area contributed by atoms with E-state index in [1.54, 1.807) is 12.1 Å². The number of nitrogens with two attached hydrogens (primary N) is 1. The van der Waals surface area contributed by atoms with Crippen molar-refractivity contribution >= 4 is 56.1 Å². The van der Waals surface area contributed by atoms with Crippen LogP contribution in [0.2, 0.25) is 5.02 Å². The molecule has 3 N–H and O–H groups in total. The first-order valence-corrected chi connectivity index (χ1v) is 7.18. The van der Waals surface area contributed by atoms with E-state index in [0.717, 1.165) is 27.0 Å². The van der Waals surface area contributed by atoms with Crippen LogP contribution < -0.4 is 11.1 Å². The third-order valence-corrected chi connectivity index (χ3v) is 3.78. The Hall–Kier alpha value is -1.10. The second-order valence-electron chi connectivity index (χ2n) is 4.16. The topological polar surface area (TPSA) is 38.0 Å². The number of aryl methyl sites for hydroxylation is 1. The van der Waals surface area contributed by atoms with E-state index in [-0.39, 0.29) is 0 Å². The molecule has 0 bridgehead atoms. The normalized spacial score (nSPS) is 10.3. The minimum atomic E-state index is 0.314. The molecule has 0 amide bonds. The zero-order chi connectivity index (χ0) is 14.0. The first-order valence-electron chi connectivity index (χ1n) is 5.60. The molecule has 0 aliphatic carbocycles. The zero-order valence-electron chi connectivity index (χ0n) is 10.2. The predicted molar refractivity (Wildman–Crippen MR) is 89.5 cm³/mol. The molecule has 19 heavy (non-hydrogen) atoms. The van der Waals surface area contributed by atoms with Crippen LogP contribution in [0.3, 0.4) is 0 Å². The number of halogens is 2. The summed E-state index contributed by atoms with van der Waals surface area (Å²) in [4.78, 5) is 0.314. The summed E-state index contributed by atoms with van der Waals surface area (Å²) in [5, 5.41) is 3.93. The summed E-state index contributed by atoms with van der Waals surface area (Å²) in [7, 11) is 0. The van der Waals surface area contributed by atoms with Crippen LogP contribution in [0.5, 0.6) is 0 Å². The molecule has 0 fully saturated rings. The van der Waals surface area contributed by atoms with Crippen LogP contribution >= 0.6 is 39.7 Å². The fraction of sp³-hybridized carbons (Fsp3) is 0.0714. The fourth-order valence-electron chi connectivity index (χ4n) is 1.71. The molecule has 0 saturated heterocycles. The molecule has 2 rings (SSSR count). The maximum absolute atomic E-state index is 5.97. The van der Waals surface area contributed by atoms with Gasteiger partial charge in [-0.1, -0.05) is 29.9 Å². The van der Waals surface area contributed by atoms with Gasteiger partial charge in [0.2, 0.25) is 0 Å². The van der Waals surface area contributed by atoms with Crippen LogP contribution in [0.15, 0.2) is 40.9 Å². The highest BCUT2D eigenvalue weighted by atomic mass is 79.9.